The number of nitrogens with zero attached hydrogens (tertiary/aromatic N) is 3. The van der Waals surface area contributed by atoms with Gasteiger partial charge < -0.3 is 4.98 Å². The molecule has 0 saturated heterocycles. The van der Waals surface area contributed by atoms with Crippen LogP contribution < -0.4 is 11.2 Å². The maximum absolute atomic E-state index is 12.5. The second kappa shape index (κ2) is 4.86. The van der Waals surface area contributed by atoms with E-state index in [0.717, 1.165) is 25.3 Å². The van der Waals surface area contributed by atoms with Gasteiger partial charge in [-0.25, -0.2) is 14.3 Å². The number of aromatic nitrogens is 4. The highest BCUT2D eigenvalue weighted by atomic mass is 16.2. The Bertz CT molecular complexity index is 894. The Kier molecular flexibility index (Phi) is 3.44. The summed E-state index contributed by atoms with van der Waals surface area (Å²) in [6.45, 7) is 2.98. The number of imidazole rings is 1. The van der Waals surface area contributed by atoms with E-state index in [2.05, 4.69) is 9.97 Å². The maximum Gasteiger partial charge on any atom is 0.334 e. The number of ketones is 3. The van der Waals surface area contributed by atoms with Crippen molar-refractivity contribution < 1.29 is 14.4 Å². The van der Waals surface area contributed by atoms with E-state index < -0.39 is 34.1 Å². The lowest BCUT2D eigenvalue weighted by molar-refractivity contribution is -0.145. The van der Waals surface area contributed by atoms with Gasteiger partial charge in [-0.15, -0.1) is 0 Å². The lowest BCUT2D eigenvalue weighted by Gasteiger charge is -2.27. The summed E-state index contributed by atoms with van der Waals surface area (Å²) in [5, 5.41) is 0. The van der Waals surface area contributed by atoms with Gasteiger partial charge in [-0.3, -0.25) is 23.7 Å². The van der Waals surface area contributed by atoms with Crippen molar-refractivity contribution in [3.63, 3.8) is 0 Å². The second-order valence-electron chi connectivity index (χ2n) is 4.96. The third-order valence-electron chi connectivity index (χ3n) is 3.70. The third kappa shape index (κ3) is 1.71. The van der Waals surface area contributed by atoms with E-state index in [1.807, 2.05) is 0 Å². The zero-order valence-electron chi connectivity index (χ0n) is 12.5. The van der Waals surface area contributed by atoms with Gasteiger partial charge >= 0.3 is 5.69 Å². The average Bonchev–Trinajstić information content (AvgIpc) is 2.89. The summed E-state index contributed by atoms with van der Waals surface area (Å²) < 4.78 is 1.40. The Balaban J connectivity index is 3.15. The fourth-order valence-corrected chi connectivity index (χ4v) is 2.65. The van der Waals surface area contributed by atoms with Crippen molar-refractivity contribution in [1.29, 1.82) is 0 Å². The third-order valence-corrected chi connectivity index (χ3v) is 3.70. The van der Waals surface area contributed by atoms with Crippen LogP contribution in [0.25, 0.3) is 11.2 Å². The van der Waals surface area contributed by atoms with Crippen molar-refractivity contribution in [2.45, 2.75) is 26.3 Å². The Hall–Kier alpha value is -2.84. The molecule has 22 heavy (non-hydrogen) atoms. The fraction of sp³-hybridized carbons (Fsp3) is 0.385. The summed E-state index contributed by atoms with van der Waals surface area (Å²) in [6.07, 6.45) is 1.20. The van der Waals surface area contributed by atoms with Crippen LogP contribution in [0.5, 0.6) is 0 Å². The van der Waals surface area contributed by atoms with Crippen molar-refractivity contribution in [2.24, 2.45) is 7.05 Å². The number of hydrogen-bond acceptors (Lipinski definition) is 6. The van der Waals surface area contributed by atoms with Gasteiger partial charge in [-0.05, 0) is 20.8 Å². The molecule has 2 rings (SSSR count). The summed E-state index contributed by atoms with van der Waals surface area (Å²) in [5.74, 6) is -2.69. The van der Waals surface area contributed by atoms with Gasteiger partial charge in [0.25, 0.3) is 5.56 Å². The minimum Gasteiger partial charge on any atom is -0.339 e. The van der Waals surface area contributed by atoms with Gasteiger partial charge in [0.2, 0.25) is 5.54 Å². The molecule has 116 valence electrons. The summed E-state index contributed by atoms with van der Waals surface area (Å²) in [7, 11) is 1.33. The number of rotatable bonds is 4. The molecule has 0 radical (unpaired) electrons. The Morgan fingerprint density at radius 2 is 1.59 bits per heavy atom. The van der Waals surface area contributed by atoms with Gasteiger partial charge in [0.15, 0.2) is 23.0 Å². The largest absolute Gasteiger partial charge is 0.339 e. The van der Waals surface area contributed by atoms with Crippen molar-refractivity contribution in [1.82, 2.24) is 19.1 Å². The molecule has 0 aliphatic heterocycles. The van der Waals surface area contributed by atoms with E-state index in [4.69, 9.17) is 0 Å². The number of Topliss-reactive ketones (excluding diaryl/α,β-unsaturated/α-hetero) is 3. The maximum atomic E-state index is 12.5. The molecule has 2 aromatic heterocycles. The van der Waals surface area contributed by atoms with E-state index in [-0.39, 0.29) is 11.2 Å². The standard InChI is InChI=1S/C13H14N4O5/c1-6(18)13(7(2)19,8(3)20)17-11(21)9-10(15-5-14-9)16(4)12(17)22/h5H,1-4H3,(H,14,15). The number of H-pyrrole nitrogens is 1. The van der Waals surface area contributed by atoms with Gasteiger partial charge in [0.05, 0.1) is 6.33 Å². The second-order valence-corrected chi connectivity index (χ2v) is 4.96. The molecule has 0 saturated carbocycles. The predicted molar refractivity (Wildman–Crippen MR) is 75.6 cm³/mol. The molecule has 0 atom stereocenters. The first-order chi connectivity index (χ1) is 10.2. The van der Waals surface area contributed by atoms with Crippen LogP contribution in [0.3, 0.4) is 0 Å². The molecular formula is C13H14N4O5. The first-order valence-corrected chi connectivity index (χ1v) is 6.36. The number of nitrogens with one attached hydrogen (secondary N) is 1. The molecule has 0 aliphatic carbocycles. The Morgan fingerprint density at radius 1 is 1.09 bits per heavy atom. The molecule has 2 aromatic rings. The lowest BCUT2D eigenvalue weighted by Crippen LogP contribution is -2.62. The minimum absolute atomic E-state index is 0.0656. The highest BCUT2D eigenvalue weighted by Crippen LogP contribution is 2.18. The van der Waals surface area contributed by atoms with Crippen LogP contribution in [0.2, 0.25) is 0 Å². The van der Waals surface area contributed by atoms with Gasteiger partial charge in [-0.1, -0.05) is 0 Å². The summed E-state index contributed by atoms with van der Waals surface area (Å²) in [5.41, 5.74) is -4.39. The zero-order valence-corrected chi connectivity index (χ0v) is 12.5. The summed E-state index contributed by atoms with van der Waals surface area (Å²) in [6, 6.07) is 0. The number of carbonyl (C=O) groups excluding carboxylic acids is 3. The van der Waals surface area contributed by atoms with Gasteiger partial charge in [-0.2, -0.15) is 0 Å². The van der Waals surface area contributed by atoms with Crippen LogP contribution >= 0.6 is 0 Å². The number of fused-ring (bicyclic) bond motifs is 1. The molecule has 1 N–H and O–H groups in total. The van der Waals surface area contributed by atoms with E-state index >= 15 is 0 Å². The molecular weight excluding hydrogens is 292 g/mol. The zero-order chi connectivity index (χ0) is 16.8. The molecule has 0 bridgehead atoms. The minimum atomic E-state index is -2.47. The molecule has 0 fully saturated rings. The Labute approximate surface area is 123 Å². The smallest absolute Gasteiger partial charge is 0.334 e. The topological polar surface area (TPSA) is 124 Å². The molecule has 2 heterocycles. The van der Waals surface area contributed by atoms with Crippen molar-refractivity contribution in [3.8, 4) is 0 Å². The number of hydrogen-bond donors (Lipinski definition) is 1. The monoisotopic (exact) mass is 306 g/mol. The van der Waals surface area contributed by atoms with Crippen LogP contribution in [-0.2, 0) is 27.0 Å². The van der Waals surface area contributed by atoms with Crippen LogP contribution in [0.15, 0.2) is 15.9 Å². The molecule has 9 heteroatoms. The first-order valence-electron chi connectivity index (χ1n) is 6.36. The van der Waals surface area contributed by atoms with Crippen molar-refractivity contribution in [2.75, 3.05) is 0 Å². The molecule has 0 spiro atoms. The molecule has 0 aromatic carbocycles. The first kappa shape index (κ1) is 15.5. The van der Waals surface area contributed by atoms with Crippen molar-refractivity contribution in [3.05, 3.63) is 27.2 Å². The lowest BCUT2D eigenvalue weighted by atomic mass is 9.86. The number of aryl methyl sites for hydroxylation is 1. The average molecular weight is 306 g/mol. The highest BCUT2D eigenvalue weighted by Gasteiger charge is 2.50. The van der Waals surface area contributed by atoms with E-state index in [1.54, 1.807) is 0 Å². The predicted octanol–water partition coefficient (Wildman–Crippen LogP) is -1.11. The molecule has 0 amide bonds. The fourth-order valence-electron chi connectivity index (χ4n) is 2.65. The van der Waals surface area contributed by atoms with E-state index in [9.17, 15) is 24.0 Å². The van der Waals surface area contributed by atoms with Crippen LogP contribution in [0, 0.1) is 0 Å². The van der Waals surface area contributed by atoms with Crippen LogP contribution in [0.1, 0.15) is 20.8 Å². The molecule has 0 unspecified atom stereocenters. The van der Waals surface area contributed by atoms with Gasteiger partial charge in [0.1, 0.15) is 5.52 Å². The number of aromatic amines is 1. The highest BCUT2D eigenvalue weighted by molar-refractivity contribution is 6.25. The van der Waals surface area contributed by atoms with E-state index in [1.165, 1.54) is 13.4 Å². The molecule has 0 aliphatic rings. The van der Waals surface area contributed by atoms with Gasteiger partial charge in [0, 0.05) is 7.05 Å². The number of carbonyl (C=O) groups is 3. The summed E-state index contributed by atoms with van der Waals surface area (Å²) in [4.78, 5) is 67.6. The van der Waals surface area contributed by atoms with E-state index in [0.29, 0.717) is 4.57 Å². The summed E-state index contributed by atoms with van der Waals surface area (Å²) >= 11 is 0. The van der Waals surface area contributed by atoms with Crippen LogP contribution in [-0.4, -0.2) is 36.5 Å². The van der Waals surface area contributed by atoms with Crippen molar-refractivity contribution >= 4 is 28.5 Å². The SMILES string of the molecule is CC(=O)C(C(C)=O)(C(C)=O)n1c(=O)c2[nH]cnc2n(C)c1=O. The quantitative estimate of drug-likeness (QED) is 0.714. The van der Waals surface area contributed by atoms with Crippen LogP contribution in [0.4, 0.5) is 0 Å². The normalized spacial score (nSPS) is 11.6. The molecule has 9 nitrogen and oxygen atoms in total. The Morgan fingerprint density at radius 3 is 2.05 bits per heavy atom.